The van der Waals surface area contributed by atoms with Crippen LogP contribution >= 0.6 is 0 Å². The highest BCUT2D eigenvalue weighted by molar-refractivity contribution is 5.82. The van der Waals surface area contributed by atoms with E-state index in [2.05, 4.69) is 5.32 Å². The number of benzene rings is 1. The Morgan fingerprint density at radius 2 is 2.05 bits per heavy atom. The Balaban J connectivity index is 2.03. The van der Waals surface area contributed by atoms with Crippen LogP contribution < -0.4 is 5.32 Å². The summed E-state index contributed by atoms with van der Waals surface area (Å²) in [5.74, 6) is -1.32. The summed E-state index contributed by atoms with van der Waals surface area (Å²) in [6.07, 6.45) is -0.854. The van der Waals surface area contributed by atoms with Crippen LogP contribution in [0.3, 0.4) is 0 Å². The Morgan fingerprint density at radius 1 is 1.30 bits per heavy atom. The van der Waals surface area contributed by atoms with Crippen LogP contribution in [0, 0.1) is 0 Å². The monoisotopic (exact) mass is 279 g/mol. The van der Waals surface area contributed by atoms with Gasteiger partial charge >= 0.3 is 5.97 Å². The maximum atomic E-state index is 12.1. The van der Waals surface area contributed by atoms with Crippen molar-refractivity contribution in [2.24, 2.45) is 0 Å². The summed E-state index contributed by atoms with van der Waals surface area (Å²) in [6, 6.07) is 8.43. The van der Waals surface area contributed by atoms with Gasteiger partial charge in [-0.3, -0.25) is 9.59 Å². The number of aliphatic carboxylic acids is 1. The molecule has 1 aliphatic heterocycles. The molecule has 1 heterocycles. The van der Waals surface area contributed by atoms with Gasteiger partial charge < -0.3 is 19.9 Å². The number of carbonyl (C=O) groups is 2. The van der Waals surface area contributed by atoms with Gasteiger partial charge in [-0.15, -0.1) is 0 Å². The molecule has 0 bridgehead atoms. The number of hydrogen-bond acceptors (Lipinski definition) is 4. The molecule has 1 amide bonds. The molecule has 1 saturated heterocycles. The highest BCUT2D eigenvalue weighted by Gasteiger charge is 2.26. The van der Waals surface area contributed by atoms with Crippen LogP contribution in [0.4, 0.5) is 0 Å². The van der Waals surface area contributed by atoms with Gasteiger partial charge in [0.1, 0.15) is 0 Å². The molecule has 1 fully saturated rings. The second kappa shape index (κ2) is 7.02. The summed E-state index contributed by atoms with van der Waals surface area (Å²) < 4.78 is 10.5. The Bertz CT molecular complexity index is 456. The lowest BCUT2D eigenvalue weighted by molar-refractivity contribution is -0.148. The van der Waals surface area contributed by atoms with Crippen LogP contribution in [0.15, 0.2) is 30.3 Å². The number of rotatable bonds is 5. The average Bonchev–Trinajstić information content (AvgIpc) is 2.48. The molecule has 0 spiro atoms. The van der Waals surface area contributed by atoms with Crippen LogP contribution in [0.5, 0.6) is 0 Å². The lowest BCUT2D eigenvalue weighted by atomic mass is 10.0. The van der Waals surface area contributed by atoms with Crippen LogP contribution in [-0.2, 0) is 19.1 Å². The van der Waals surface area contributed by atoms with Crippen LogP contribution in [0.2, 0.25) is 0 Å². The van der Waals surface area contributed by atoms with Gasteiger partial charge in [-0.2, -0.15) is 0 Å². The standard InChI is InChI=1S/C14H17NO5/c16-13(17)8-11(10-4-2-1-3-5-10)15-14(18)12-9-19-6-7-20-12/h1-5,11-12H,6-9H2,(H,15,18)(H,16,17)/t11-,12-/m1/s1. The van der Waals surface area contributed by atoms with Crippen molar-refractivity contribution in [3.05, 3.63) is 35.9 Å². The lowest BCUT2D eigenvalue weighted by Crippen LogP contribution is -2.44. The average molecular weight is 279 g/mol. The SMILES string of the molecule is O=C(O)C[C@@H](NC(=O)[C@H]1COCCO1)c1ccccc1. The number of hydrogen-bond donors (Lipinski definition) is 2. The van der Waals surface area contributed by atoms with Crippen molar-refractivity contribution >= 4 is 11.9 Å². The van der Waals surface area contributed by atoms with Gasteiger partial charge in [0.15, 0.2) is 6.10 Å². The Morgan fingerprint density at radius 3 is 2.65 bits per heavy atom. The second-order valence-electron chi connectivity index (χ2n) is 4.50. The molecule has 0 radical (unpaired) electrons. The molecule has 1 aliphatic rings. The van der Waals surface area contributed by atoms with E-state index in [-0.39, 0.29) is 18.9 Å². The molecule has 2 atom stereocenters. The molecule has 6 heteroatoms. The van der Waals surface area contributed by atoms with Gasteiger partial charge in [-0.25, -0.2) is 0 Å². The number of nitrogens with one attached hydrogen (secondary N) is 1. The lowest BCUT2D eigenvalue weighted by Gasteiger charge is -2.25. The first-order valence-corrected chi connectivity index (χ1v) is 6.43. The molecule has 1 aromatic rings. The molecular formula is C14H17NO5. The summed E-state index contributed by atoms with van der Waals surface area (Å²) in [5.41, 5.74) is 0.750. The van der Waals surface area contributed by atoms with E-state index >= 15 is 0 Å². The van der Waals surface area contributed by atoms with Crippen molar-refractivity contribution < 1.29 is 24.2 Å². The van der Waals surface area contributed by atoms with Gasteiger partial charge in [-0.1, -0.05) is 30.3 Å². The third-order valence-corrected chi connectivity index (χ3v) is 3.01. The molecule has 2 rings (SSSR count). The third-order valence-electron chi connectivity index (χ3n) is 3.01. The number of ether oxygens (including phenoxy) is 2. The predicted octanol–water partition coefficient (Wildman–Crippen LogP) is 0.734. The second-order valence-corrected chi connectivity index (χ2v) is 4.50. The van der Waals surface area contributed by atoms with E-state index < -0.39 is 18.1 Å². The quantitative estimate of drug-likeness (QED) is 0.830. The minimum atomic E-state index is -0.972. The minimum Gasteiger partial charge on any atom is -0.481 e. The molecular weight excluding hydrogens is 262 g/mol. The topological polar surface area (TPSA) is 84.9 Å². The molecule has 20 heavy (non-hydrogen) atoms. The summed E-state index contributed by atoms with van der Waals surface area (Å²) in [7, 11) is 0. The molecule has 6 nitrogen and oxygen atoms in total. The maximum absolute atomic E-state index is 12.1. The maximum Gasteiger partial charge on any atom is 0.305 e. The van der Waals surface area contributed by atoms with E-state index in [9.17, 15) is 9.59 Å². The Labute approximate surface area is 116 Å². The fourth-order valence-electron chi connectivity index (χ4n) is 2.02. The van der Waals surface area contributed by atoms with Crippen molar-refractivity contribution in [3.8, 4) is 0 Å². The van der Waals surface area contributed by atoms with Gasteiger partial charge in [0.2, 0.25) is 0 Å². The third kappa shape index (κ3) is 4.04. The fraction of sp³-hybridized carbons (Fsp3) is 0.429. The fourth-order valence-corrected chi connectivity index (χ4v) is 2.02. The normalized spacial score (nSPS) is 20.1. The zero-order valence-corrected chi connectivity index (χ0v) is 11.0. The summed E-state index contributed by atoms with van der Waals surface area (Å²) in [5, 5.41) is 11.7. The highest BCUT2D eigenvalue weighted by atomic mass is 16.6. The van der Waals surface area contributed by atoms with Crippen molar-refractivity contribution in [1.29, 1.82) is 0 Å². The molecule has 108 valence electrons. The number of carbonyl (C=O) groups excluding carboxylic acids is 1. The number of amides is 1. The first kappa shape index (κ1) is 14.5. The summed E-state index contributed by atoms with van der Waals surface area (Å²) >= 11 is 0. The van der Waals surface area contributed by atoms with E-state index in [0.29, 0.717) is 13.2 Å². The van der Waals surface area contributed by atoms with E-state index in [1.54, 1.807) is 24.3 Å². The zero-order valence-electron chi connectivity index (χ0n) is 11.0. The first-order chi connectivity index (χ1) is 9.66. The van der Waals surface area contributed by atoms with Gasteiger partial charge in [0, 0.05) is 0 Å². The van der Waals surface area contributed by atoms with Crippen molar-refractivity contribution in [3.63, 3.8) is 0 Å². The predicted molar refractivity (Wildman–Crippen MR) is 70.1 cm³/mol. The minimum absolute atomic E-state index is 0.177. The molecule has 2 N–H and O–H groups in total. The molecule has 0 saturated carbocycles. The first-order valence-electron chi connectivity index (χ1n) is 6.43. The Hall–Kier alpha value is -1.92. The van der Waals surface area contributed by atoms with Gasteiger partial charge in [-0.05, 0) is 5.56 Å². The van der Waals surface area contributed by atoms with Gasteiger partial charge in [0.25, 0.3) is 5.91 Å². The van der Waals surface area contributed by atoms with Crippen molar-refractivity contribution in [1.82, 2.24) is 5.32 Å². The molecule has 0 unspecified atom stereocenters. The zero-order chi connectivity index (χ0) is 14.4. The molecule has 0 aliphatic carbocycles. The van der Waals surface area contributed by atoms with Crippen molar-refractivity contribution in [2.45, 2.75) is 18.6 Å². The summed E-state index contributed by atoms with van der Waals surface area (Å²) in [6.45, 7) is 1.04. The Kier molecular flexibility index (Phi) is 5.09. The van der Waals surface area contributed by atoms with Gasteiger partial charge in [0.05, 0.1) is 32.3 Å². The van der Waals surface area contributed by atoms with E-state index in [1.807, 2.05) is 6.07 Å². The van der Waals surface area contributed by atoms with Crippen LogP contribution in [-0.4, -0.2) is 42.9 Å². The van der Waals surface area contributed by atoms with Crippen LogP contribution in [0.25, 0.3) is 0 Å². The van der Waals surface area contributed by atoms with Crippen molar-refractivity contribution in [2.75, 3.05) is 19.8 Å². The number of carboxylic acids is 1. The molecule has 0 aromatic heterocycles. The van der Waals surface area contributed by atoms with E-state index in [4.69, 9.17) is 14.6 Å². The van der Waals surface area contributed by atoms with E-state index in [0.717, 1.165) is 5.56 Å². The van der Waals surface area contributed by atoms with E-state index in [1.165, 1.54) is 0 Å². The van der Waals surface area contributed by atoms with Crippen LogP contribution in [0.1, 0.15) is 18.0 Å². The summed E-state index contributed by atoms with van der Waals surface area (Å²) in [4.78, 5) is 23.0. The smallest absolute Gasteiger partial charge is 0.305 e. The highest BCUT2D eigenvalue weighted by Crippen LogP contribution is 2.17. The molecule has 1 aromatic carbocycles. The number of carboxylic acid groups (broad SMARTS) is 1. The largest absolute Gasteiger partial charge is 0.481 e.